The lowest BCUT2D eigenvalue weighted by molar-refractivity contribution is 0.500. The molecular formula is C10H12BrN5. The van der Waals surface area contributed by atoms with Crippen LogP contribution in [0.15, 0.2) is 10.9 Å². The minimum atomic E-state index is 0.406. The van der Waals surface area contributed by atoms with Crippen molar-refractivity contribution in [1.82, 2.24) is 25.1 Å². The zero-order valence-electron chi connectivity index (χ0n) is 8.94. The predicted octanol–water partition coefficient (Wildman–Crippen LogP) is 1.43. The lowest BCUT2D eigenvalue weighted by Crippen LogP contribution is -2.14. The molecule has 1 saturated heterocycles. The number of hydrogen-bond acceptors (Lipinski definition) is 4. The summed E-state index contributed by atoms with van der Waals surface area (Å²) in [5.74, 6) is 0. The van der Waals surface area contributed by atoms with Gasteiger partial charge >= 0.3 is 0 Å². The molecule has 84 valence electrons. The van der Waals surface area contributed by atoms with E-state index in [0.717, 1.165) is 40.8 Å². The highest BCUT2D eigenvalue weighted by atomic mass is 79.9. The highest BCUT2D eigenvalue weighted by molar-refractivity contribution is 9.10. The van der Waals surface area contributed by atoms with Gasteiger partial charge in [0.2, 0.25) is 0 Å². The van der Waals surface area contributed by atoms with Crippen LogP contribution in [0.2, 0.25) is 0 Å². The maximum atomic E-state index is 4.52. The van der Waals surface area contributed by atoms with Crippen molar-refractivity contribution in [1.29, 1.82) is 0 Å². The molecule has 1 atom stereocenters. The fourth-order valence-electron chi connectivity index (χ4n) is 2.17. The molecule has 0 amide bonds. The first-order valence-corrected chi connectivity index (χ1v) is 6.12. The Labute approximate surface area is 101 Å². The van der Waals surface area contributed by atoms with Gasteiger partial charge in [0.25, 0.3) is 0 Å². The zero-order valence-corrected chi connectivity index (χ0v) is 10.5. The van der Waals surface area contributed by atoms with Gasteiger partial charge in [-0.1, -0.05) is 0 Å². The Balaban J connectivity index is 2.22. The molecule has 1 aliphatic heterocycles. The maximum absolute atomic E-state index is 4.52. The van der Waals surface area contributed by atoms with Gasteiger partial charge in [0.05, 0.1) is 17.1 Å². The van der Waals surface area contributed by atoms with Crippen molar-refractivity contribution < 1.29 is 0 Å². The van der Waals surface area contributed by atoms with Crippen LogP contribution >= 0.6 is 15.9 Å². The second-order valence-electron chi connectivity index (χ2n) is 4.04. The molecule has 0 unspecified atom stereocenters. The van der Waals surface area contributed by atoms with E-state index in [4.69, 9.17) is 0 Å². The van der Waals surface area contributed by atoms with Gasteiger partial charge in [0, 0.05) is 6.54 Å². The molecule has 5 nitrogen and oxygen atoms in total. The molecule has 1 fully saturated rings. The minimum Gasteiger partial charge on any atom is -0.315 e. The van der Waals surface area contributed by atoms with E-state index in [-0.39, 0.29) is 0 Å². The van der Waals surface area contributed by atoms with Crippen molar-refractivity contribution in [3.63, 3.8) is 0 Å². The second kappa shape index (κ2) is 3.78. The van der Waals surface area contributed by atoms with Crippen molar-refractivity contribution >= 4 is 27.0 Å². The molecule has 1 aliphatic rings. The van der Waals surface area contributed by atoms with Crippen LogP contribution < -0.4 is 5.32 Å². The second-order valence-corrected chi connectivity index (χ2v) is 4.79. The van der Waals surface area contributed by atoms with Crippen molar-refractivity contribution in [3.8, 4) is 0 Å². The molecule has 0 aromatic carbocycles. The van der Waals surface area contributed by atoms with Gasteiger partial charge in [-0.05, 0) is 35.8 Å². The summed E-state index contributed by atoms with van der Waals surface area (Å²) in [6.07, 6.45) is 2.71. The number of rotatable bonds is 1. The normalized spacial score (nSPS) is 20.8. The van der Waals surface area contributed by atoms with Crippen LogP contribution in [0.5, 0.6) is 0 Å². The summed E-state index contributed by atoms with van der Waals surface area (Å²) < 4.78 is 2.85. The number of aryl methyl sites for hydroxylation is 1. The lowest BCUT2D eigenvalue weighted by atomic mass is 10.2. The summed E-state index contributed by atoms with van der Waals surface area (Å²) in [4.78, 5) is 8.54. The number of halogens is 1. The number of hydrogen-bond donors (Lipinski definition) is 1. The van der Waals surface area contributed by atoms with Crippen molar-refractivity contribution in [2.24, 2.45) is 0 Å². The molecule has 3 rings (SSSR count). The van der Waals surface area contributed by atoms with E-state index in [2.05, 4.69) is 36.3 Å². The summed E-state index contributed by atoms with van der Waals surface area (Å²) in [6.45, 7) is 3.99. The molecule has 0 bridgehead atoms. The molecule has 6 heteroatoms. The van der Waals surface area contributed by atoms with Gasteiger partial charge in [0.1, 0.15) is 10.9 Å². The molecule has 1 N–H and O–H groups in total. The van der Waals surface area contributed by atoms with Gasteiger partial charge in [-0.3, -0.25) is 0 Å². The molecule has 0 saturated carbocycles. The van der Waals surface area contributed by atoms with E-state index >= 15 is 0 Å². The van der Waals surface area contributed by atoms with E-state index in [1.807, 2.05) is 11.6 Å². The molecular weight excluding hydrogens is 270 g/mol. The molecule has 0 aliphatic carbocycles. The maximum Gasteiger partial charge on any atom is 0.162 e. The van der Waals surface area contributed by atoms with E-state index in [1.165, 1.54) is 0 Å². The largest absolute Gasteiger partial charge is 0.315 e. The van der Waals surface area contributed by atoms with Crippen molar-refractivity contribution in [2.75, 3.05) is 13.1 Å². The Morgan fingerprint density at radius 1 is 1.50 bits per heavy atom. The van der Waals surface area contributed by atoms with Gasteiger partial charge in [-0.15, -0.1) is 0 Å². The monoisotopic (exact) mass is 281 g/mol. The average molecular weight is 282 g/mol. The standard InChI is InChI=1S/C10H12BrN5/c1-6-8-9(11)15-16(7-2-3-12-4-7)10(8)14-5-13-6/h5,7,12H,2-4H2,1H3/t7-/m1/s1. The fourth-order valence-corrected chi connectivity index (χ4v) is 2.81. The van der Waals surface area contributed by atoms with Gasteiger partial charge in [0.15, 0.2) is 5.65 Å². The van der Waals surface area contributed by atoms with Crippen LogP contribution in [0.3, 0.4) is 0 Å². The predicted molar refractivity (Wildman–Crippen MR) is 64.3 cm³/mol. The quantitative estimate of drug-likeness (QED) is 0.859. The molecule has 3 heterocycles. The minimum absolute atomic E-state index is 0.406. The van der Waals surface area contributed by atoms with Crippen LogP contribution in [-0.2, 0) is 0 Å². The number of nitrogens with one attached hydrogen (secondary N) is 1. The third kappa shape index (κ3) is 1.44. The molecule has 0 radical (unpaired) electrons. The summed E-state index contributed by atoms with van der Waals surface area (Å²) >= 11 is 3.48. The van der Waals surface area contributed by atoms with Crippen LogP contribution in [0, 0.1) is 6.92 Å². The number of nitrogens with zero attached hydrogens (tertiary/aromatic N) is 4. The summed E-state index contributed by atoms with van der Waals surface area (Å²) in [7, 11) is 0. The van der Waals surface area contributed by atoms with E-state index in [9.17, 15) is 0 Å². The highest BCUT2D eigenvalue weighted by Gasteiger charge is 2.22. The SMILES string of the molecule is Cc1ncnc2c1c(Br)nn2[C@@H]1CCNC1. The summed E-state index contributed by atoms with van der Waals surface area (Å²) in [6, 6.07) is 0.406. The Kier molecular flexibility index (Phi) is 2.40. The third-order valence-electron chi connectivity index (χ3n) is 3.02. The lowest BCUT2D eigenvalue weighted by Gasteiger charge is -2.09. The Bertz CT molecular complexity index is 529. The Morgan fingerprint density at radius 3 is 3.12 bits per heavy atom. The average Bonchev–Trinajstić information content (AvgIpc) is 2.86. The fraction of sp³-hybridized carbons (Fsp3) is 0.500. The van der Waals surface area contributed by atoms with Crippen LogP contribution in [0.25, 0.3) is 11.0 Å². The molecule has 16 heavy (non-hydrogen) atoms. The first kappa shape index (κ1) is 10.2. The van der Waals surface area contributed by atoms with Gasteiger partial charge < -0.3 is 5.32 Å². The first-order chi connectivity index (χ1) is 7.77. The van der Waals surface area contributed by atoms with Crippen LogP contribution in [0.1, 0.15) is 18.2 Å². The number of aromatic nitrogens is 4. The smallest absolute Gasteiger partial charge is 0.162 e. The van der Waals surface area contributed by atoms with Crippen molar-refractivity contribution in [3.05, 3.63) is 16.6 Å². The first-order valence-electron chi connectivity index (χ1n) is 5.33. The summed E-state index contributed by atoms with van der Waals surface area (Å²) in [5.41, 5.74) is 1.89. The molecule has 2 aromatic heterocycles. The Morgan fingerprint density at radius 2 is 2.38 bits per heavy atom. The topological polar surface area (TPSA) is 55.6 Å². The van der Waals surface area contributed by atoms with E-state index < -0.39 is 0 Å². The van der Waals surface area contributed by atoms with Crippen molar-refractivity contribution in [2.45, 2.75) is 19.4 Å². The van der Waals surface area contributed by atoms with Gasteiger partial charge in [-0.25, -0.2) is 14.6 Å². The molecule has 0 spiro atoms. The van der Waals surface area contributed by atoms with Crippen LogP contribution in [-0.4, -0.2) is 32.8 Å². The third-order valence-corrected chi connectivity index (χ3v) is 3.57. The number of fused-ring (bicyclic) bond motifs is 1. The zero-order chi connectivity index (χ0) is 11.1. The molecule has 2 aromatic rings. The van der Waals surface area contributed by atoms with E-state index in [1.54, 1.807) is 6.33 Å². The van der Waals surface area contributed by atoms with Gasteiger partial charge in [-0.2, -0.15) is 5.10 Å². The Hall–Kier alpha value is -1.01. The highest BCUT2D eigenvalue weighted by Crippen LogP contribution is 2.27. The van der Waals surface area contributed by atoms with Crippen LogP contribution in [0.4, 0.5) is 0 Å². The van der Waals surface area contributed by atoms with E-state index in [0.29, 0.717) is 6.04 Å². The summed E-state index contributed by atoms with van der Waals surface area (Å²) in [5, 5.41) is 8.89.